The van der Waals surface area contributed by atoms with Crippen molar-refractivity contribution in [2.45, 2.75) is 12.1 Å². The van der Waals surface area contributed by atoms with Crippen LogP contribution < -0.4 is 10.2 Å². The average molecular weight is 504 g/mol. The van der Waals surface area contributed by atoms with Gasteiger partial charge in [0.2, 0.25) is 5.91 Å². The van der Waals surface area contributed by atoms with E-state index in [1.54, 1.807) is 12.3 Å². The van der Waals surface area contributed by atoms with Crippen molar-refractivity contribution in [2.24, 2.45) is 0 Å². The third kappa shape index (κ3) is 5.60. The molecular formula is C22H25N5O5S2. The number of hydrogen-bond acceptors (Lipinski definition) is 9. The van der Waals surface area contributed by atoms with Gasteiger partial charge in [-0.15, -0.1) is 11.8 Å². The number of ether oxygens (including phenoxy) is 1. The van der Waals surface area contributed by atoms with Crippen LogP contribution in [0.15, 0.2) is 30.5 Å². The third-order valence-corrected chi connectivity index (χ3v) is 7.70. The lowest BCUT2D eigenvalue weighted by molar-refractivity contribution is -0.129. The number of rotatable bonds is 6. The highest BCUT2D eigenvalue weighted by Crippen LogP contribution is 2.26. The van der Waals surface area contributed by atoms with Crippen LogP contribution in [0.5, 0.6) is 0 Å². The molecule has 0 bridgehead atoms. The summed E-state index contributed by atoms with van der Waals surface area (Å²) in [7, 11) is -3.17. The Morgan fingerprint density at radius 2 is 2.18 bits per heavy atom. The monoisotopic (exact) mass is 503 g/mol. The van der Waals surface area contributed by atoms with Crippen LogP contribution in [0, 0.1) is 11.3 Å². The second-order valence-electron chi connectivity index (χ2n) is 8.28. The van der Waals surface area contributed by atoms with E-state index in [0.29, 0.717) is 47.8 Å². The van der Waals surface area contributed by atoms with Crippen molar-refractivity contribution in [2.75, 3.05) is 54.8 Å². The van der Waals surface area contributed by atoms with E-state index in [9.17, 15) is 23.3 Å². The third-order valence-electron chi connectivity index (χ3n) is 5.71. The fourth-order valence-corrected chi connectivity index (χ4v) is 6.05. The SMILES string of the molecule is CS(=O)(=O)CC1CN(c2ccc3nccc(C(=O)NCC(=O)N4CSCC4C#N)c3c2)CCO1. The lowest BCUT2D eigenvalue weighted by Crippen LogP contribution is -2.45. The topological polar surface area (TPSA) is 133 Å². The lowest BCUT2D eigenvalue weighted by Gasteiger charge is -2.34. The Morgan fingerprint density at radius 1 is 1.35 bits per heavy atom. The zero-order valence-electron chi connectivity index (χ0n) is 18.6. The maximum absolute atomic E-state index is 12.9. The minimum absolute atomic E-state index is 0.0531. The Hall–Kier alpha value is -2.88. The number of sulfone groups is 1. The first-order valence-corrected chi connectivity index (χ1v) is 13.9. The summed E-state index contributed by atoms with van der Waals surface area (Å²) < 4.78 is 29.0. The molecule has 0 aliphatic carbocycles. The summed E-state index contributed by atoms with van der Waals surface area (Å²) in [4.78, 5) is 33.3. The van der Waals surface area contributed by atoms with E-state index in [1.165, 1.54) is 22.9 Å². The van der Waals surface area contributed by atoms with E-state index in [-0.39, 0.29) is 18.2 Å². The molecule has 0 spiro atoms. The van der Waals surface area contributed by atoms with Crippen LogP contribution in [0.25, 0.3) is 10.9 Å². The van der Waals surface area contributed by atoms with Crippen LogP contribution in [0.4, 0.5) is 5.69 Å². The molecule has 0 saturated carbocycles. The molecule has 0 radical (unpaired) electrons. The quantitative estimate of drug-likeness (QED) is 0.603. The van der Waals surface area contributed by atoms with Crippen LogP contribution in [-0.4, -0.2) is 92.1 Å². The molecule has 2 aliphatic heterocycles. The first kappa shape index (κ1) is 24.3. The first-order valence-electron chi connectivity index (χ1n) is 10.7. The van der Waals surface area contributed by atoms with Crippen molar-refractivity contribution in [1.82, 2.24) is 15.2 Å². The number of pyridine rings is 1. The summed E-state index contributed by atoms with van der Waals surface area (Å²) in [5, 5.41) is 12.5. The van der Waals surface area contributed by atoms with Gasteiger partial charge in [0.05, 0.1) is 48.0 Å². The number of nitriles is 1. The molecule has 12 heteroatoms. The fourth-order valence-electron chi connectivity index (χ4n) is 4.07. The zero-order valence-corrected chi connectivity index (χ0v) is 20.3. The lowest BCUT2D eigenvalue weighted by atomic mass is 10.1. The van der Waals surface area contributed by atoms with Gasteiger partial charge in [-0.25, -0.2) is 8.42 Å². The van der Waals surface area contributed by atoms with Crippen molar-refractivity contribution >= 4 is 50.0 Å². The Balaban J connectivity index is 1.50. The van der Waals surface area contributed by atoms with E-state index in [2.05, 4.69) is 16.4 Å². The minimum atomic E-state index is -3.17. The molecule has 2 unspecified atom stereocenters. The molecule has 3 heterocycles. The maximum Gasteiger partial charge on any atom is 0.252 e. The van der Waals surface area contributed by atoms with Crippen LogP contribution in [-0.2, 0) is 19.4 Å². The summed E-state index contributed by atoms with van der Waals surface area (Å²) in [5.41, 5.74) is 1.84. The molecular weight excluding hydrogens is 478 g/mol. The number of anilines is 1. The number of aromatic nitrogens is 1. The van der Waals surface area contributed by atoms with E-state index in [0.717, 1.165) is 5.69 Å². The number of nitrogens with zero attached hydrogens (tertiary/aromatic N) is 4. The molecule has 2 aliphatic rings. The van der Waals surface area contributed by atoms with Gasteiger partial charge in [-0.2, -0.15) is 5.26 Å². The fraction of sp³-hybridized carbons (Fsp3) is 0.455. The largest absolute Gasteiger partial charge is 0.373 e. The highest BCUT2D eigenvalue weighted by atomic mass is 32.2. The standard InChI is InChI=1S/C22H25N5O5S2/c1-34(30,31)13-17-11-26(6-7-32-17)15-2-3-20-19(8-15)18(4-5-24-20)22(29)25-10-21(28)27-14-33-12-16(27)9-23/h2-5,8,16-17H,6-7,10-14H2,1H3,(H,25,29). The zero-order chi connectivity index (χ0) is 24.3. The number of carbonyl (C=O) groups is 2. The van der Waals surface area contributed by atoms with Gasteiger partial charge in [-0.1, -0.05) is 0 Å². The van der Waals surface area contributed by atoms with Crippen molar-refractivity contribution in [3.05, 3.63) is 36.0 Å². The number of morpholine rings is 1. The van der Waals surface area contributed by atoms with E-state index >= 15 is 0 Å². The first-order chi connectivity index (χ1) is 16.2. The summed E-state index contributed by atoms with van der Waals surface area (Å²) >= 11 is 1.51. The highest BCUT2D eigenvalue weighted by Gasteiger charge is 2.29. The number of benzene rings is 1. The number of amides is 2. The van der Waals surface area contributed by atoms with E-state index in [1.807, 2.05) is 23.1 Å². The predicted molar refractivity (Wildman–Crippen MR) is 129 cm³/mol. The highest BCUT2D eigenvalue weighted by molar-refractivity contribution is 7.99. The maximum atomic E-state index is 12.9. The van der Waals surface area contributed by atoms with Gasteiger partial charge in [0.1, 0.15) is 15.9 Å². The molecule has 1 N–H and O–H groups in total. The van der Waals surface area contributed by atoms with Gasteiger partial charge >= 0.3 is 0 Å². The molecule has 2 saturated heterocycles. The number of thioether (sulfide) groups is 1. The molecule has 1 aromatic carbocycles. The average Bonchev–Trinajstić information content (AvgIpc) is 3.30. The molecule has 2 fully saturated rings. The minimum Gasteiger partial charge on any atom is -0.373 e. The number of carbonyl (C=O) groups excluding carboxylic acids is 2. The van der Waals surface area contributed by atoms with Gasteiger partial charge in [0, 0.05) is 42.4 Å². The van der Waals surface area contributed by atoms with Gasteiger partial charge in [-0.05, 0) is 24.3 Å². The van der Waals surface area contributed by atoms with Crippen molar-refractivity contribution in [1.29, 1.82) is 5.26 Å². The van der Waals surface area contributed by atoms with Crippen molar-refractivity contribution < 1.29 is 22.7 Å². The molecule has 1 aromatic heterocycles. The molecule has 2 amide bonds. The smallest absolute Gasteiger partial charge is 0.252 e. The van der Waals surface area contributed by atoms with Gasteiger partial charge in [-0.3, -0.25) is 14.6 Å². The number of nitrogens with one attached hydrogen (secondary N) is 1. The molecule has 10 nitrogen and oxygen atoms in total. The van der Waals surface area contributed by atoms with Gasteiger partial charge in [0.25, 0.3) is 5.91 Å². The van der Waals surface area contributed by atoms with E-state index < -0.39 is 27.9 Å². The van der Waals surface area contributed by atoms with Crippen molar-refractivity contribution in [3.63, 3.8) is 0 Å². The number of fused-ring (bicyclic) bond motifs is 1. The molecule has 2 aromatic rings. The van der Waals surface area contributed by atoms with Crippen molar-refractivity contribution in [3.8, 4) is 6.07 Å². The molecule has 4 rings (SSSR count). The Kier molecular flexibility index (Phi) is 7.25. The normalized spacial score (nSPS) is 20.8. The summed E-state index contributed by atoms with van der Waals surface area (Å²) in [6.07, 6.45) is 2.30. The summed E-state index contributed by atoms with van der Waals surface area (Å²) in [5.74, 6) is 0.251. The second kappa shape index (κ2) is 10.2. The summed E-state index contributed by atoms with van der Waals surface area (Å²) in [6.45, 7) is 1.22. The van der Waals surface area contributed by atoms with Gasteiger partial charge < -0.3 is 19.9 Å². The molecule has 34 heavy (non-hydrogen) atoms. The van der Waals surface area contributed by atoms with Crippen LogP contribution in [0.2, 0.25) is 0 Å². The predicted octanol–water partition coefficient (Wildman–Crippen LogP) is 0.639. The Morgan fingerprint density at radius 3 is 2.94 bits per heavy atom. The Labute approximate surface area is 202 Å². The van der Waals surface area contributed by atoms with Crippen LogP contribution >= 0.6 is 11.8 Å². The second-order valence-corrected chi connectivity index (χ2v) is 11.5. The number of hydrogen-bond donors (Lipinski definition) is 1. The van der Waals surface area contributed by atoms with Crippen LogP contribution in [0.1, 0.15) is 10.4 Å². The van der Waals surface area contributed by atoms with Gasteiger partial charge in [0.15, 0.2) is 0 Å². The molecule has 2 atom stereocenters. The van der Waals surface area contributed by atoms with Crippen LogP contribution in [0.3, 0.4) is 0 Å². The van der Waals surface area contributed by atoms with E-state index in [4.69, 9.17) is 4.74 Å². The Bertz CT molecular complexity index is 1250. The molecule has 180 valence electrons. The summed E-state index contributed by atoms with van der Waals surface area (Å²) in [6, 6.07) is 8.78.